The Balaban J connectivity index is 1.13. The minimum atomic E-state index is -0.943. The van der Waals surface area contributed by atoms with Gasteiger partial charge in [-0.05, 0) is 69.2 Å². The Hall–Kier alpha value is -3.66. The van der Waals surface area contributed by atoms with E-state index in [9.17, 15) is 14.7 Å². The van der Waals surface area contributed by atoms with Gasteiger partial charge in [0, 0.05) is 12.2 Å². The Morgan fingerprint density at radius 3 is 2.71 bits per heavy atom. The van der Waals surface area contributed by atoms with Crippen LogP contribution >= 0.6 is 0 Å². The predicted molar refractivity (Wildman–Crippen MR) is 126 cm³/mol. The Morgan fingerprint density at radius 2 is 2.00 bits per heavy atom. The molecule has 2 fully saturated rings. The van der Waals surface area contributed by atoms with E-state index < -0.39 is 11.5 Å². The molecule has 184 valence electrons. The van der Waals surface area contributed by atoms with Crippen molar-refractivity contribution >= 4 is 17.3 Å². The number of amides is 2. The molecule has 2 amide bonds. The largest absolute Gasteiger partial charge is 0.489 e. The third kappa shape index (κ3) is 4.79. The molecule has 2 aliphatic carbocycles. The molecule has 3 aromatic heterocycles. The Kier molecular flexibility index (Phi) is 5.63. The molecule has 0 saturated heterocycles. The van der Waals surface area contributed by atoms with Crippen molar-refractivity contribution in [2.45, 2.75) is 57.3 Å². The number of nitrogens with one attached hydrogen (secondary N) is 1. The molecule has 10 heteroatoms. The second-order valence-electron chi connectivity index (χ2n) is 10.3. The predicted octanol–water partition coefficient (Wildman–Crippen LogP) is 2.10. The third-order valence-corrected chi connectivity index (χ3v) is 6.66. The number of fused-ring (bicyclic) bond motifs is 1. The number of primary amides is 1. The van der Waals surface area contributed by atoms with Gasteiger partial charge in [-0.25, -0.2) is 9.50 Å². The Bertz CT molecular complexity index is 1270. The molecule has 2 aliphatic rings. The molecule has 0 aliphatic heterocycles. The smallest absolute Gasteiger partial charge is 0.255 e. The first-order valence-electron chi connectivity index (χ1n) is 11.7. The first-order valence-corrected chi connectivity index (χ1v) is 11.7. The van der Waals surface area contributed by atoms with Crippen molar-refractivity contribution in [1.29, 1.82) is 0 Å². The van der Waals surface area contributed by atoms with Crippen molar-refractivity contribution in [2.24, 2.45) is 11.1 Å². The van der Waals surface area contributed by atoms with Crippen LogP contribution in [0.5, 0.6) is 11.6 Å². The van der Waals surface area contributed by atoms with E-state index in [0.717, 1.165) is 25.7 Å². The Morgan fingerprint density at radius 1 is 1.23 bits per heavy atom. The van der Waals surface area contributed by atoms with Crippen LogP contribution in [0.2, 0.25) is 0 Å². The van der Waals surface area contributed by atoms with Gasteiger partial charge < -0.3 is 25.6 Å². The molecule has 3 heterocycles. The van der Waals surface area contributed by atoms with E-state index in [1.54, 1.807) is 61.2 Å². The molecular formula is C25H29N5O5. The van der Waals surface area contributed by atoms with Gasteiger partial charge in [-0.15, -0.1) is 0 Å². The number of pyridine rings is 2. The van der Waals surface area contributed by atoms with Gasteiger partial charge in [-0.3, -0.25) is 9.59 Å². The van der Waals surface area contributed by atoms with Crippen molar-refractivity contribution in [3.63, 3.8) is 0 Å². The lowest BCUT2D eigenvalue weighted by molar-refractivity contribution is -0.0848. The minimum Gasteiger partial charge on any atom is -0.489 e. The highest BCUT2D eigenvalue weighted by Crippen LogP contribution is 2.56. The van der Waals surface area contributed by atoms with E-state index in [1.165, 1.54) is 0 Å². The monoisotopic (exact) mass is 479 g/mol. The molecule has 0 aromatic carbocycles. The lowest BCUT2D eigenvalue weighted by Crippen LogP contribution is -2.58. The molecule has 10 nitrogen and oxygen atoms in total. The molecule has 0 radical (unpaired) electrons. The maximum atomic E-state index is 12.9. The molecule has 4 N–H and O–H groups in total. The van der Waals surface area contributed by atoms with Crippen LogP contribution in [0.1, 0.15) is 60.2 Å². The van der Waals surface area contributed by atoms with Gasteiger partial charge in [0.25, 0.3) is 11.8 Å². The second kappa shape index (κ2) is 8.53. The number of carbonyl (C=O) groups excluding carboxylic acids is 2. The van der Waals surface area contributed by atoms with E-state index in [4.69, 9.17) is 15.2 Å². The van der Waals surface area contributed by atoms with Crippen LogP contribution in [-0.2, 0) is 0 Å². The summed E-state index contributed by atoms with van der Waals surface area (Å²) in [4.78, 5) is 28.6. The number of rotatable bonds is 8. The fourth-order valence-corrected chi connectivity index (χ4v) is 4.99. The normalized spacial score (nSPS) is 23.4. The zero-order valence-electron chi connectivity index (χ0n) is 19.7. The van der Waals surface area contributed by atoms with Crippen LogP contribution in [0.4, 0.5) is 0 Å². The number of nitrogens with two attached hydrogens (primary N) is 1. The molecule has 1 spiro atoms. The van der Waals surface area contributed by atoms with Crippen molar-refractivity contribution in [2.75, 3.05) is 6.61 Å². The zero-order chi connectivity index (χ0) is 24.8. The minimum absolute atomic E-state index is 0.00732. The number of nitrogens with zero attached hydrogens (tertiary/aromatic N) is 3. The fraction of sp³-hybridized carbons (Fsp3) is 0.440. The Labute approximate surface area is 202 Å². The van der Waals surface area contributed by atoms with Crippen LogP contribution in [0.3, 0.4) is 0 Å². The highest BCUT2D eigenvalue weighted by Gasteiger charge is 2.54. The van der Waals surface area contributed by atoms with Gasteiger partial charge in [0.1, 0.15) is 24.0 Å². The summed E-state index contributed by atoms with van der Waals surface area (Å²) in [5.74, 6) is 0.132. The van der Waals surface area contributed by atoms with Gasteiger partial charge in [0.05, 0.1) is 29.1 Å². The lowest BCUT2D eigenvalue weighted by Gasteiger charge is -2.57. The van der Waals surface area contributed by atoms with Crippen molar-refractivity contribution in [3.05, 3.63) is 54.0 Å². The summed E-state index contributed by atoms with van der Waals surface area (Å²) in [6.07, 6.45) is 8.30. The second-order valence-corrected chi connectivity index (χ2v) is 10.3. The average Bonchev–Trinajstić information content (AvgIpc) is 3.17. The third-order valence-electron chi connectivity index (χ3n) is 6.66. The van der Waals surface area contributed by atoms with E-state index in [2.05, 4.69) is 15.4 Å². The molecule has 0 unspecified atom stereocenters. The van der Waals surface area contributed by atoms with Crippen LogP contribution in [-0.4, -0.2) is 55.9 Å². The summed E-state index contributed by atoms with van der Waals surface area (Å²) in [7, 11) is 0. The van der Waals surface area contributed by atoms with Crippen molar-refractivity contribution in [3.8, 4) is 11.6 Å². The van der Waals surface area contributed by atoms with Gasteiger partial charge in [0.2, 0.25) is 5.88 Å². The highest BCUT2D eigenvalue weighted by atomic mass is 16.5. The molecular weight excluding hydrogens is 450 g/mol. The quantitative estimate of drug-likeness (QED) is 0.449. The summed E-state index contributed by atoms with van der Waals surface area (Å²) in [5.41, 5.74) is 6.09. The topological polar surface area (TPSA) is 141 Å². The maximum Gasteiger partial charge on any atom is 0.255 e. The first kappa shape index (κ1) is 23.1. The SMILES string of the molecule is CC(C)(O)COc1ccc2c(C(=O)NC3CC4(C3)CC(Oc3ncccc3C(N)=O)C4)cnn2c1. The van der Waals surface area contributed by atoms with Crippen LogP contribution in [0, 0.1) is 5.41 Å². The number of hydrogen-bond acceptors (Lipinski definition) is 7. The van der Waals surface area contributed by atoms with Gasteiger partial charge >= 0.3 is 0 Å². The van der Waals surface area contributed by atoms with E-state index in [-0.39, 0.29) is 41.5 Å². The highest BCUT2D eigenvalue weighted by molar-refractivity contribution is 6.00. The van der Waals surface area contributed by atoms with Crippen molar-refractivity contribution < 1.29 is 24.2 Å². The molecule has 2 saturated carbocycles. The summed E-state index contributed by atoms with van der Waals surface area (Å²) < 4.78 is 13.1. The summed E-state index contributed by atoms with van der Waals surface area (Å²) in [6.45, 7) is 3.49. The lowest BCUT2D eigenvalue weighted by atomic mass is 9.53. The summed E-state index contributed by atoms with van der Waals surface area (Å²) >= 11 is 0. The van der Waals surface area contributed by atoms with Crippen molar-refractivity contribution in [1.82, 2.24) is 19.9 Å². The van der Waals surface area contributed by atoms with Crippen LogP contribution in [0.25, 0.3) is 5.52 Å². The summed E-state index contributed by atoms with van der Waals surface area (Å²) in [6, 6.07) is 6.91. The molecule has 0 bridgehead atoms. The summed E-state index contributed by atoms with van der Waals surface area (Å²) in [5, 5.41) is 17.2. The molecule has 0 atom stereocenters. The fourth-order valence-electron chi connectivity index (χ4n) is 4.99. The van der Waals surface area contributed by atoms with E-state index >= 15 is 0 Å². The molecule has 35 heavy (non-hydrogen) atoms. The standard InChI is InChI=1S/C25H29N5O5/c1-24(2,33)14-34-16-5-6-20-19(12-28-30(20)13-16)22(32)29-15-8-25(9-15)10-17(11-25)35-23-18(21(26)31)4-3-7-27-23/h3-7,12-13,15,17,33H,8-11,14H2,1-2H3,(H2,26,31)(H,29,32). The maximum absolute atomic E-state index is 12.9. The zero-order valence-corrected chi connectivity index (χ0v) is 19.7. The number of carbonyl (C=O) groups is 2. The number of aromatic nitrogens is 3. The van der Waals surface area contributed by atoms with Gasteiger partial charge in [0.15, 0.2) is 0 Å². The molecule has 3 aromatic rings. The van der Waals surface area contributed by atoms with Gasteiger partial charge in [-0.2, -0.15) is 5.10 Å². The van der Waals surface area contributed by atoms with Crippen LogP contribution in [0.15, 0.2) is 42.9 Å². The van der Waals surface area contributed by atoms with Gasteiger partial charge in [-0.1, -0.05) is 0 Å². The van der Waals surface area contributed by atoms with Crippen LogP contribution < -0.4 is 20.5 Å². The number of ether oxygens (including phenoxy) is 2. The number of hydrogen-bond donors (Lipinski definition) is 3. The molecule has 5 rings (SSSR count). The number of aliphatic hydroxyl groups is 1. The van der Waals surface area contributed by atoms with E-state index in [0.29, 0.717) is 16.8 Å². The first-order chi connectivity index (χ1) is 16.6. The van der Waals surface area contributed by atoms with E-state index in [1.807, 2.05) is 0 Å². The average molecular weight is 480 g/mol.